The van der Waals surface area contributed by atoms with Crippen molar-refractivity contribution in [1.29, 1.82) is 0 Å². The number of amides is 1. The number of benzene rings is 1. The molecule has 4 rings (SSSR count). The Labute approximate surface area is 192 Å². The van der Waals surface area contributed by atoms with Gasteiger partial charge in [-0.2, -0.15) is 0 Å². The Balaban J connectivity index is 1.53. The second kappa shape index (κ2) is 9.16. The number of carbonyl (C=O) groups is 1. The molecule has 3 aromatic rings. The van der Waals surface area contributed by atoms with E-state index in [0.717, 1.165) is 22.5 Å². The number of nitrogens with one attached hydrogen (secondary N) is 2. The molecule has 2 atom stereocenters. The van der Waals surface area contributed by atoms with E-state index in [4.69, 9.17) is 12.2 Å². The van der Waals surface area contributed by atoms with Crippen LogP contribution in [-0.2, 0) is 4.79 Å². The van der Waals surface area contributed by atoms with Gasteiger partial charge in [-0.1, -0.05) is 18.2 Å². The largest absolute Gasteiger partial charge is 0.352 e. The lowest BCUT2D eigenvalue weighted by atomic mass is 10.0. The van der Waals surface area contributed by atoms with Crippen LogP contribution < -0.4 is 10.6 Å². The molecule has 0 aliphatic carbocycles. The van der Waals surface area contributed by atoms with E-state index < -0.39 is 0 Å². The van der Waals surface area contributed by atoms with Crippen LogP contribution in [0.1, 0.15) is 45.8 Å². The van der Waals surface area contributed by atoms with Crippen LogP contribution in [0, 0.1) is 20.8 Å². The van der Waals surface area contributed by atoms with Gasteiger partial charge in [0.2, 0.25) is 5.91 Å². The van der Waals surface area contributed by atoms with Crippen LogP contribution in [0.2, 0.25) is 0 Å². The van der Waals surface area contributed by atoms with Crippen molar-refractivity contribution in [3.05, 3.63) is 81.3 Å². The lowest BCUT2D eigenvalue weighted by Gasteiger charge is -2.27. The van der Waals surface area contributed by atoms with Gasteiger partial charge in [0.05, 0.1) is 17.8 Å². The van der Waals surface area contributed by atoms with Crippen molar-refractivity contribution >= 4 is 40.3 Å². The monoisotopic (exact) mass is 450 g/mol. The van der Waals surface area contributed by atoms with Crippen LogP contribution in [0.4, 0.5) is 5.69 Å². The fourth-order valence-corrected chi connectivity index (χ4v) is 5.33. The maximum Gasteiger partial charge on any atom is 0.226 e. The third-order valence-electron chi connectivity index (χ3n) is 5.62. The first-order chi connectivity index (χ1) is 14.9. The van der Waals surface area contributed by atoms with Crippen molar-refractivity contribution in [2.45, 2.75) is 39.3 Å². The molecular weight excluding hydrogens is 424 g/mol. The summed E-state index contributed by atoms with van der Waals surface area (Å²) in [6.45, 7) is 6.68. The van der Waals surface area contributed by atoms with Crippen LogP contribution in [0.25, 0.3) is 0 Å². The zero-order chi connectivity index (χ0) is 22.0. The lowest BCUT2D eigenvalue weighted by Crippen LogP contribution is -2.32. The summed E-state index contributed by atoms with van der Waals surface area (Å²) < 4.78 is 0. The molecule has 2 N–H and O–H groups in total. The van der Waals surface area contributed by atoms with Crippen LogP contribution in [0.5, 0.6) is 0 Å². The number of anilines is 1. The normalized spacial score (nSPS) is 18.2. The molecule has 31 heavy (non-hydrogen) atoms. The topological polar surface area (TPSA) is 57.3 Å². The molecule has 0 spiro atoms. The maximum absolute atomic E-state index is 12.7. The van der Waals surface area contributed by atoms with Crippen molar-refractivity contribution in [1.82, 2.24) is 15.2 Å². The summed E-state index contributed by atoms with van der Waals surface area (Å²) in [5.74, 6) is -0.0144. The highest BCUT2D eigenvalue weighted by Gasteiger charge is 2.40. The first-order valence-electron chi connectivity index (χ1n) is 10.3. The Morgan fingerprint density at radius 3 is 2.74 bits per heavy atom. The zero-order valence-electron chi connectivity index (χ0n) is 17.9. The molecule has 2 aromatic heterocycles. The van der Waals surface area contributed by atoms with E-state index in [1.165, 1.54) is 10.4 Å². The molecule has 7 heteroatoms. The van der Waals surface area contributed by atoms with Crippen LogP contribution in [0.15, 0.2) is 54.0 Å². The van der Waals surface area contributed by atoms with Gasteiger partial charge < -0.3 is 15.5 Å². The molecule has 0 saturated carbocycles. The van der Waals surface area contributed by atoms with Gasteiger partial charge >= 0.3 is 0 Å². The number of pyridine rings is 1. The van der Waals surface area contributed by atoms with Gasteiger partial charge in [0.15, 0.2) is 5.11 Å². The molecule has 1 aromatic carbocycles. The van der Waals surface area contributed by atoms with E-state index >= 15 is 0 Å². The van der Waals surface area contributed by atoms with Gasteiger partial charge in [-0.15, -0.1) is 11.3 Å². The molecular formula is C24H26N4OS2. The van der Waals surface area contributed by atoms with Crippen LogP contribution in [0.3, 0.4) is 0 Å². The molecule has 3 heterocycles. The number of thiophene rings is 1. The number of carbonyl (C=O) groups excluding carboxylic acids is 1. The van der Waals surface area contributed by atoms with Gasteiger partial charge in [-0.05, 0) is 79.3 Å². The SMILES string of the molecule is Cc1ccc(C)c(NC(=O)CCN2C(=S)N[C@@H](c3ccccn3)[C@H]2c2sccc2C)c1. The average Bonchev–Trinajstić information content (AvgIpc) is 3.32. The number of aryl methyl sites for hydroxylation is 3. The van der Waals surface area contributed by atoms with Crippen molar-refractivity contribution in [3.63, 3.8) is 0 Å². The van der Waals surface area contributed by atoms with E-state index in [9.17, 15) is 4.79 Å². The van der Waals surface area contributed by atoms with E-state index in [1.807, 2.05) is 50.2 Å². The number of aromatic nitrogens is 1. The van der Waals surface area contributed by atoms with Gasteiger partial charge in [-0.3, -0.25) is 9.78 Å². The third-order valence-corrected chi connectivity index (χ3v) is 7.06. The quantitative estimate of drug-likeness (QED) is 0.514. The smallest absolute Gasteiger partial charge is 0.226 e. The summed E-state index contributed by atoms with van der Waals surface area (Å²) in [5.41, 5.74) is 5.22. The molecule has 5 nitrogen and oxygen atoms in total. The number of thiocarbonyl (C=S) groups is 1. The fraction of sp³-hybridized carbons (Fsp3) is 0.292. The summed E-state index contributed by atoms with van der Waals surface area (Å²) in [6.07, 6.45) is 2.16. The summed E-state index contributed by atoms with van der Waals surface area (Å²) in [5, 5.41) is 9.26. The Kier molecular flexibility index (Phi) is 6.34. The lowest BCUT2D eigenvalue weighted by molar-refractivity contribution is -0.116. The van der Waals surface area contributed by atoms with Gasteiger partial charge in [0.25, 0.3) is 0 Å². The molecule has 1 saturated heterocycles. The highest BCUT2D eigenvalue weighted by molar-refractivity contribution is 7.80. The number of hydrogen-bond acceptors (Lipinski definition) is 4. The van der Waals surface area contributed by atoms with Crippen molar-refractivity contribution in [3.8, 4) is 0 Å². The highest BCUT2D eigenvalue weighted by atomic mass is 32.1. The highest BCUT2D eigenvalue weighted by Crippen LogP contribution is 2.41. The first-order valence-corrected chi connectivity index (χ1v) is 11.6. The fourth-order valence-electron chi connectivity index (χ4n) is 3.92. The van der Waals surface area contributed by atoms with Crippen molar-refractivity contribution in [2.75, 3.05) is 11.9 Å². The molecule has 1 amide bonds. The average molecular weight is 451 g/mol. The standard InChI is InChI=1S/C24H26N4OS2/c1-15-7-8-16(2)19(14-15)26-20(29)9-12-28-22(23-17(3)10-13-31-23)21(27-24(28)30)18-6-4-5-11-25-18/h4-8,10-11,13-14,21-22H,9,12H2,1-3H3,(H,26,29)(H,27,30)/t21-,22-/m0/s1. The van der Waals surface area contributed by atoms with Crippen molar-refractivity contribution in [2.24, 2.45) is 0 Å². The van der Waals surface area contributed by atoms with E-state index in [0.29, 0.717) is 18.1 Å². The van der Waals surface area contributed by atoms with Gasteiger partial charge in [0.1, 0.15) is 0 Å². The molecule has 1 aliphatic rings. The Morgan fingerprint density at radius 1 is 1.19 bits per heavy atom. The van der Waals surface area contributed by atoms with Gasteiger partial charge in [-0.25, -0.2) is 0 Å². The minimum Gasteiger partial charge on any atom is -0.352 e. The number of nitrogens with zero attached hydrogens (tertiary/aromatic N) is 2. The van der Waals surface area contributed by atoms with E-state index in [1.54, 1.807) is 17.5 Å². The Hall–Kier alpha value is -2.77. The van der Waals surface area contributed by atoms with Gasteiger partial charge in [0, 0.05) is 29.7 Å². The first kappa shape index (κ1) is 21.5. The Morgan fingerprint density at radius 2 is 2.03 bits per heavy atom. The molecule has 0 radical (unpaired) electrons. The van der Waals surface area contributed by atoms with Crippen LogP contribution >= 0.6 is 23.6 Å². The summed E-state index contributed by atoms with van der Waals surface area (Å²) >= 11 is 7.41. The summed E-state index contributed by atoms with van der Waals surface area (Å²) in [6, 6.07) is 14.1. The van der Waals surface area contributed by atoms with Crippen molar-refractivity contribution < 1.29 is 4.79 Å². The summed E-state index contributed by atoms with van der Waals surface area (Å²) in [7, 11) is 0. The Bertz CT molecular complexity index is 1100. The second-order valence-electron chi connectivity index (χ2n) is 7.90. The molecule has 0 bridgehead atoms. The van der Waals surface area contributed by atoms with Crippen LogP contribution in [-0.4, -0.2) is 27.4 Å². The molecule has 1 aliphatic heterocycles. The van der Waals surface area contributed by atoms with E-state index in [-0.39, 0.29) is 18.0 Å². The zero-order valence-corrected chi connectivity index (χ0v) is 19.5. The molecule has 0 unspecified atom stereocenters. The van der Waals surface area contributed by atoms with E-state index in [2.05, 4.69) is 38.9 Å². The number of rotatable bonds is 6. The second-order valence-corrected chi connectivity index (χ2v) is 9.24. The minimum absolute atomic E-state index is 0.0101. The predicted molar refractivity (Wildman–Crippen MR) is 130 cm³/mol. The third kappa shape index (κ3) is 4.62. The molecule has 160 valence electrons. The summed E-state index contributed by atoms with van der Waals surface area (Å²) in [4.78, 5) is 20.7. The maximum atomic E-state index is 12.7. The predicted octanol–water partition coefficient (Wildman–Crippen LogP) is 5.07. The molecule has 1 fully saturated rings. The number of hydrogen-bond donors (Lipinski definition) is 2. The minimum atomic E-state index is -0.0480.